The maximum atomic E-state index is 12.5. The molecule has 0 saturated carbocycles. The second kappa shape index (κ2) is 10.6. The van der Waals surface area contributed by atoms with Crippen LogP contribution in [0.3, 0.4) is 0 Å². The molecule has 29 heavy (non-hydrogen) atoms. The topological polar surface area (TPSA) is 67.6 Å². The predicted molar refractivity (Wildman–Crippen MR) is 115 cm³/mol. The lowest BCUT2D eigenvalue weighted by Gasteiger charge is -2.38. The van der Waals surface area contributed by atoms with Gasteiger partial charge in [0.05, 0.1) is 12.8 Å². The molecule has 3 heterocycles. The van der Waals surface area contributed by atoms with Gasteiger partial charge in [0.15, 0.2) is 11.7 Å². The number of nitrogens with one attached hydrogen (secondary N) is 1. The number of likely N-dealkylation sites (N-methyl/N-ethyl adjacent to an activating group) is 1. The Hall–Kier alpha value is -2.06. The molecule has 0 bridgehead atoms. The lowest BCUT2D eigenvalue weighted by Crippen LogP contribution is -2.54. The normalized spacial score (nSPS) is 20.7. The summed E-state index contributed by atoms with van der Waals surface area (Å²) in [7, 11) is 0. The van der Waals surface area contributed by atoms with Gasteiger partial charge in [-0.3, -0.25) is 14.7 Å². The number of guanidine groups is 1. The zero-order chi connectivity index (χ0) is 20.6. The first kappa shape index (κ1) is 21.6. The highest BCUT2D eigenvalue weighted by molar-refractivity contribution is 5.91. The molecule has 8 heteroatoms. The molecule has 2 aliphatic rings. The Morgan fingerprint density at radius 2 is 1.79 bits per heavy atom. The van der Waals surface area contributed by atoms with Crippen molar-refractivity contribution in [2.24, 2.45) is 4.99 Å². The molecule has 2 saturated heterocycles. The molecule has 3 rings (SSSR count). The molecule has 1 amide bonds. The number of hydrogen-bond donors (Lipinski definition) is 1. The largest absolute Gasteiger partial charge is 0.459 e. The van der Waals surface area contributed by atoms with Crippen LogP contribution in [0.15, 0.2) is 27.8 Å². The monoisotopic (exact) mass is 404 g/mol. The molecular weight excluding hydrogens is 368 g/mol. The summed E-state index contributed by atoms with van der Waals surface area (Å²) in [6.07, 6.45) is 1.54. The smallest absolute Gasteiger partial charge is 0.289 e. The fourth-order valence-electron chi connectivity index (χ4n) is 3.96. The molecule has 0 spiro atoms. The summed E-state index contributed by atoms with van der Waals surface area (Å²) in [6, 6.07) is 3.91. The van der Waals surface area contributed by atoms with E-state index in [-0.39, 0.29) is 5.91 Å². The summed E-state index contributed by atoms with van der Waals surface area (Å²) in [5.74, 6) is 1.34. The van der Waals surface area contributed by atoms with E-state index in [1.54, 1.807) is 18.4 Å². The molecule has 1 aromatic heterocycles. The van der Waals surface area contributed by atoms with Crippen molar-refractivity contribution in [3.05, 3.63) is 24.2 Å². The molecule has 1 N–H and O–H groups in total. The van der Waals surface area contributed by atoms with Crippen molar-refractivity contribution >= 4 is 11.9 Å². The van der Waals surface area contributed by atoms with Gasteiger partial charge >= 0.3 is 0 Å². The van der Waals surface area contributed by atoms with Gasteiger partial charge in [-0.2, -0.15) is 0 Å². The number of carbonyl (C=O) groups is 1. The van der Waals surface area contributed by atoms with Crippen LogP contribution >= 0.6 is 0 Å². The Balaban J connectivity index is 1.51. The summed E-state index contributed by atoms with van der Waals surface area (Å²) in [5, 5.41) is 3.43. The number of nitrogens with zero attached hydrogens (tertiary/aromatic N) is 5. The van der Waals surface area contributed by atoms with Crippen LogP contribution in [0.25, 0.3) is 0 Å². The van der Waals surface area contributed by atoms with E-state index in [9.17, 15) is 4.79 Å². The summed E-state index contributed by atoms with van der Waals surface area (Å²) < 4.78 is 5.25. The summed E-state index contributed by atoms with van der Waals surface area (Å²) in [5.41, 5.74) is 0. The Morgan fingerprint density at radius 1 is 1.10 bits per heavy atom. The molecule has 0 radical (unpaired) electrons. The fraction of sp³-hybridized carbons (Fsp3) is 0.714. The third kappa shape index (κ3) is 5.73. The molecule has 1 unspecified atom stereocenters. The average molecular weight is 405 g/mol. The summed E-state index contributed by atoms with van der Waals surface area (Å²) in [6.45, 7) is 16.8. The van der Waals surface area contributed by atoms with Gasteiger partial charge < -0.3 is 24.4 Å². The van der Waals surface area contributed by atoms with Gasteiger partial charge in [0.25, 0.3) is 5.91 Å². The van der Waals surface area contributed by atoms with Crippen LogP contribution < -0.4 is 5.32 Å². The van der Waals surface area contributed by atoms with Gasteiger partial charge in [-0.1, -0.05) is 6.92 Å². The third-order valence-corrected chi connectivity index (χ3v) is 5.92. The second-order valence-electron chi connectivity index (χ2n) is 7.77. The van der Waals surface area contributed by atoms with E-state index >= 15 is 0 Å². The van der Waals surface area contributed by atoms with E-state index in [0.717, 1.165) is 64.9 Å². The fourth-order valence-corrected chi connectivity index (χ4v) is 3.96. The first-order valence-electron chi connectivity index (χ1n) is 10.9. The van der Waals surface area contributed by atoms with Crippen LogP contribution in [-0.2, 0) is 0 Å². The molecule has 0 aliphatic carbocycles. The van der Waals surface area contributed by atoms with Gasteiger partial charge in [-0.15, -0.1) is 0 Å². The van der Waals surface area contributed by atoms with Crippen molar-refractivity contribution < 1.29 is 9.21 Å². The van der Waals surface area contributed by atoms with Crippen molar-refractivity contribution in [3.63, 3.8) is 0 Å². The highest BCUT2D eigenvalue weighted by Crippen LogP contribution is 2.11. The molecule has 1 aromatic rings. The number of piperazine rings is 2. The van der Waals surface area contributed by atoms with Crippen molar-refractivity contribution in [1.82, 2.24) is 24.9 Å². The van der Waals surface area contributed by atoms with Crippen molar-refractivity contribution in [2.45, 2.75) is 26.8 Å². The van der Waals surface area contributed by atoms with Crippen molar-refractivity contribution in [2.75, 3.05) is 72.0 Å². The number of furan rings is 1. The lowest BCUT2D eigenvalue weighted by atomic mass is 10.2. The molecular formula is C21H36N6O2. The van der Waals surface area contributed by atoms with E-state index in [2.05, 4.69) is 40.8 Å². The highest BCUT2D eigenvalue weighted by atomic mass is 16.3. The molecule has 0 aromatic carbocycles. The van der Waals surface area contributed by atoms with Crippen molar-refractivity contribution in [1.29, 1.82) is 0 Å². The number of aliphatic imine (C=N–C) groups is 1. The Bertz CT molecular complexity index is 646. The minimum Gasteiger partial charge on any atom is -0.459 e. The van der Waals surface area contributed by atoms with E-state index in [4.69, 9.17) is 9.41 Å². The zero-order valence-corrected chi connectivity index (χ0v) is 18.1. The molecule has 1 atom stereocenters. The van der Waals surface area contributed by atoms with Crippen LogP contribution in [0.5, 0.6) is 0 Å². The number of hydrogen-bond acceptors (Lipinski definition) is 5. The van der Waals surface area contributed by atoms with E-state index < -0.39 is 0 Å². The maximum absolute atomic E-state index is 12.5. The van der Waals surface area contributed by atoms with Crippen LogP contribution in [-0.4, -0.2) is 110 Å². The van der Waals surface area contributed by atoms with Gasteiger partial charge in [-0.25, -0.2) is 0 Å². The van der Waals surface area contributed by atoms with E-state index in [1.807, 2.05) is 4.90 Å². The number of carbonyl (C=O) groups excluding carboxylic acids is 1. The van der Waals surface area contributed by atoms with Crippen LogP contribution in [0.4, 0.5) is 0 Å². The molecule has 2 fully saturated rings. The van der Waals surface area contributed by atoms with Crippen LogP contribution in [0.2, 0.25) is 0 Å². The Labute approximate surface area is 174 Å². The third-order valence-electron chi connectivity index (χ3n) is 5.92. The first-order valence-corrected chi connectivity index (χ1v) is 10.9. The number of amides is 1. The van der Waals surface area contributed by atoms with Crippen LogP contribution in [0.1, 0.15) is 31.3 Å². The van der Waals surface area contributed by atoms with E-state index in [1.165, 1.54) is 0 Å². The Kier molecular flexibility index (Phi) is 7.94. The minimum atomic E-state index is -0.0311. The van der Waals surface area contributed by atoms with Gasteiger partial charge in [0.1, 0.15) is 0 Å². The Morgan fingerprint density at radius 3 is 2.38 bits per heavy atom. The molecule has 162 valence electrons. The predicted octanol–water partition coefficient (Wildman–Crippen LogP) is 1.03. The first-order chi connectivity index (χ1) is 14.1. The quantitative estimate of drug-likeness (QED) is 0.564. The average Bonchev–Trinajstić information content (AvgIpc) is 3.31. The second-order valence-corrected chi connectivity index (χ2v) is 7.77. The lowest BCUT2D eigenvalue weighted by molar-refractivity contribution is 0.0657. The maximum Gasteiger partial charge on any atom is 0.289 e. The standard InChI is InChI=1S/C21H36N6O2/c1-4-22-21(23-17-18(3)25-10-8-24(5-2)9-11-25)27-14-12-26(13-15-27)20(28)19-7-6-16-29-19/h6-7,16,18H,4-5,8-15,17H2,1-3H3,(H,22,23). The summed E-state index contributed by atoms with van der Waals surface area (Å²) >= 11 is 0. The number of rotatable bonds is 6. The van der Waals surface area contributed by atoms with Crippen LogP contribution in [0, 0.1) is 0 Å². The zero-order valence-electron chi connectivity index (χ0n) is 18.1. The van der Waals surface area contributed by atoms with Gasteiger partial charge in [0.2, 0.25) is 0 Å². The van der Waals surface area contributed by atoms with Gasteiger partial charge in [0, 0.05) is 64.9 Å². The minimum absolute atomic E-state index is 0.0311. The van der Waals surface area contributed by atoms with Crippen molar-refractivity contribution in [3.8, 4) is 0 Å². The van der Waals surface area contributed by atoms with Gasteiger partial charge in [-0.05, 0) is 32.5 Å². The SMILES string of the molecule is CCNC(=NCC(C)N1CCN(CC)CC1)N1CCN(C(=O)c2ccco2)CC1. The molecule has 8 nitrogen and oxygen atoms in total. The highest BCUT2D eigenvalue weighted by Gasteiger charge is 2.25. The molecule has 2 aliphatic heterocycles. The van der Waals surface area contributed by atoms with E-state index in [0.29, 0.717) is 24.9 Å². The summed E-state index contributed by atoms with van der Waals surface area (Å²) in [4.78, 5) is 26.5.